The summed E-state index contributed by atoms with van der Waals surface area (Å²) in [4.78, 5) is 4.67. The number of hydrogen-bond donors (Lipinski definition) is 0. The third-order valence-electron chi connectivity index (χ3n) is 6.99. The van der Waals surface area contributed by atoms with Gasteiger partial charge in [0.05, 0.1) is 17.2 Å². The first-order chi connectivity index (χ1) is 14.6. The number of pyridine rings is 1. The van der Waals surface area contributed by atoms with E-state index in [1.54, 1.807) is 0 Å². The number of nitrogens with zero attached hydrogens (tertiary/aromatic N) is 2. The van der Waals surface area contributed by atoms with Crippen LogP contribution in [0.25, 0.3) is 11.3 Å². The maximum absolute atomic E-state index is 9.82. The number of aromatic nitrogens is 1. The third-order valence-corrected chi connectivity index (χ3v) is 6.99. The molecule has 158 valence electrons. The lowest BCUT2D eigenvalue weighted by atomic mass is 9.66. The Labute approximate surface area is 183 Å². The van der Waals surface area contributed by atoms with Crippen LogP contribution in [0.5, 0.6) is 0 Å². The van der Waals surface area contributed by atoms with Crippen molar-refractivity contribution in [2.75, 3.05) is 0 Å². The fourth-order valence-electron chi connectivity index (χ4n) is 4.80. The second kappa shape index (κ2) is 10.6. The van der Waals surface area contributed by atoms with E-state index in [0.29, 0.717) is 11.8 Å². The van der Waals surface area contributed by atoms with Crippen LogP contribution in [0.2, 0.25) is 0 Å². The smallest absolute Gasteiger partial charge is 0.0702 e. The van der Waals surface area contributed by atoms with E-state index in [4.69, 9.17) is 0 Å². The van der Waals surface area contributed by atoms with Gasteiger partial charge in [-0.3, -0.25) is 4.98 Å². The minimum Gasteiger partial charge on any atom is -0.256 e. The molecule has 0 bridgehead atoms. The largest absolute Gasteiger partial charge is 0.256 e. The molecule has 1 aliphatic carbocycles. The minimum atomic E-state index is -0.0940. The summed E-state index contributed by atoms with van der Waals surface area (Å²) in [5, 5.41) is 9.82. The Balaban J connectivity index is 1.60. The van der Waals surface area contributed by atoms with E-state index in [-0.39, 0.29) is 5.41 Å². The van der Waals surface area contributed by atoms with Crippen LogP contribution in [0.1, 0.15) is 82.3 Å². The highest BCUT2D eigenvalue weighted by molar-refractivity contribution is 5.59. The molecule has 0 aliphatic heterocycles. The Bertz CT molecular complexity index is 834. The molecule has 2 nitrogen and oxygen atoms in total. The highest BCUT2D eigenvalue weighted by atomic mass is 14.7. The topological polar surface area (TPSA) is 36.7 Å². The van der Waals surface area contributed by atoms with Gasteiger partial charge in [-0.25, -0.2) is 0 Å². The van der Waals surface area contributed by atoms with Crippen molar-refractivity contribution in [3.05, 3.63) is 66.4 Å². The van der Waals surface area contributed by atoms with Crippen LogP contribution in [-0.4, -0.2) is 4.98 Å². The molecule has 0 N–H and O–H groups in total. The predicted octanol–water partition coefficient (Wildman–Crippen LogP) is 7.86. The van der Waals surface area contributed by atoms with Gasteiger partial charge in [-0.1, -0.05) is 56.7 Å². The standard InChI is InChI=1S/C28H36N2/c1-4-6-7-8-23-9-14-27(30-20-23)26-12-10-24(11-13-26)25-15-17-28(21-29,18-16-25)19-22(3)5-2/h4,9-14,20,22,25H,1,5-8,15-19H2,2-3H3. The van der Waals surface area contributed by atoms with E-state index in [9.17, 15) is 5.26 Å². The number of rotatable bonds is 9. The van der Waals surface area contributed by atoms with E-state index in [2.05, 4.69) is 67.9 Å². The van der Waals surface area contributed by atoms with E-state index in [0.717, 1.165) is 63.5 Å². The van der Waals surface area contributed by atoms with Crippen molar-refractivity contribution < 1.29 is 0 Å². The molecule has 1 fully saturated rings. The van der Waals surface area contributed by atoms with E-state index < -0.39 is 0 Å². The van der Waals surface area contributed by atoms with Crippen LogP contribution >= 0.6 is 0 Å². The maximum Gasteiger partial charge on any atom is 0.0702 e. The number of unbranched alkanes of at least 4 members (excludes halogenated alkanes) is 1. The molecule has 1 aromatic heterocycles. The lowest BCUT2D eigenvalue weighted by Gasteiger charge is -2.36. The van der Waals surface area contributed by atoms with Crippen LogP contribution in [0.3, 0.4) is 0 Å². The molecule has 0 saturated heterocycles. The first kappa shape index (κ1) is 22.3. The van der Waals surface area contributed by atoms with Crippen molar-refractivity contribution in [2.45, 2.75) is 77.6 Å². The monoisotopic (exact) mass is 400 g/mol. The lowest BCUT2D eigenvalue weighted by Crippen LogP contribution is -2.27. The molecule has 3 rings (SSSR count). The van der Waals surface area contributed by atoms with Crippen molar-refractivity contribution in [3.63, 3.8) is 0 Å². The first-order valence-electron chi connectivity index (χ1n) is 11.7. The normalized spacial score (nSPS) is 22.2. The molecular weight excluding hydrogens is 364 g/mol. The van der Waals surface area contributed by atoms with Crippen LogP contribution in [0.15, 0.2) is 55.3 Å². The summed E-state index contributed by atoms with van der Waals surface area (Å²) in [5.41, 5.74) is 4.82. The van der Waals surface area contributed by atoms with Crippen molar-refractivity contribution in [3.8, 4) is 17.3 Å². The van der Waals surface area contributed by atoms with Gasteiger partial charge in [-0.2, -0.15) is 5.26 Å². The second-order valence-corrected chi connectivity index (χ2v) is 9.24. The minimum absolute atomic E-state index is 0.0940. The van der Waals surface area contributed by atoms with Gasteiger partial charge in [0.1, 0.15) is 0 Å². The molecular formula is C28H36N2. The molecule has 1 heterocycles. The van der Waals surface area contributed by atoms with Crippen molar-refractivity contribution in [1.82, 2.24) is 4.98 Å². The van der Waals surface area contributed by atoms with Gasteiger partial charge < -0.3 is 0 Å². The predicted molar refractivity (Wildman–Crippen MR) is 126 cm³/mol. The zero-order valence-electron chi connectivity index (χ0n) is 18.7. The molecule has 0 spiro atoms. The molecule has 0 radical (unpaired) electrons. The van der Waals surface area contributed by atoms with Gasteiger partial charge in [0.25, 0.3) is 0 Å². The molecule has 1 unspecified atom stereocenters. The summed E-state index contributed by atoms with van der Waals surface area (Å²) >= 11 is 0. The van der Waals surface area contributed by atoms with Crippen molar-refractivity contribution >= 4 is 0 Å². The van der Waals surface area contributed by atoms with Gasteiger partial charge in [0.2, 0.25) is 0 Å². The van der Waals surface area contributed by atoms with Gasteiger partial charge in [0, 0.05) is 11.8 Å². The molecule has 0 amide bonds. The van der Waals surface area contributed by atoms with Crippen molar-refractivity contribution in [1.29, 1.82) is 5.26 Å². The van der Waals surface area contributed by atoms with Crippen LogP contribution in [0, 0.1) is 22.7 Å². The summed E-state index contributed by atoms with van der Waals surface area (Å²) in [5.74, 6) is 1.22. The summed E-state index contributed by atoms with van der Waals surface area (Å²) in [6, 6.07) is 16.0. The fraction of sp³-hybridized carbons (Fsp3) is 0.500. The Hall–Kier alpha value is -2.40. The van der Waals surface area contributed by atoms with Crippen LogP contribution < -0.4 is 0 Å². The third kappa shape index (κ3) is 5.60. The molecule has 30 heavy (non-hydrogen) atoms. The Kier molecular flexibility index (Phi) is 7.86. The lowest BCUT2D eigenvalue weighted by molar-refractivity contribution is 0.198. The summed E-state index contributed by atoms with van der Waals surface area (Å²) in [6.45, 7) is 8.30. The Morgan fingerprint density at radius 1 is 1.20 bits per heavy atom. The number of nitriles is 1. The number of benzene rings is 1. The van der Waals surface area contributed by atoms with Gasteiger partial charge >= 0.3 is 0 Å². The molecule has 1 aliphatic rings. The average Bonchev–Trinajstić information content (AvgIpc) is 2.80. The first-order valence-corrected chi connectivity index (χ1v) is 11.7. The van der Waals surface area contributed by atoms with Gasteiger partial charge in [-0.15, -0.1) is 6.58 Å². The van der Waals surface area contributed by atoms with E-state index in [1.165, 1.54) is 16.7 Å². The fourth-order valence-corrected chi connectivity index (χ4v) is 4.80. The van der Waals surface area contributed by atoms with E-state index in [1.807, 2.05) is 12.3 Å². The molecule has 1 atom stereocenters. The quantitative estimate of drug-likeness (QED) is 0.317. The Morgan fingerprint density at radius 3 is 2.50 bits per heavy atom. The highest BCUT2D eigenvalue weighted by Gasteiger charge is 2.36. The van der Waals surface area contributed by atoms with Crippen LogP contribution in [-0.2, 0) is 6.42 Å². The molecule has 2 aromatic rings. The molecule has 1 aromatic carbocycles. The van der Waals surface area contributed by atoms with Gasteiger partial charge in [0.15, 0.2) is 0 Å². The molecule has 1 saturated carbocycles. The summed E-state index contributed by atoms with van der Waals surface area (Å²) in [6.07, 6.45) is 13.8. The number of aryl methyl sites for hydroxylation is 1. The Morgan fingerprint density at radius 2 is 1.93 bits per heavy atom. The number of allylic oxidation sites excluding steroid dienone is 1. The van der Waals surface area contributed by atoms with Crippen LogP contribution in [0.4, 0.5) is 0 Å². The zero-order valence-corrected chi connectivity index (χ0v) is 18.7. The van der Waals surface area contributed by atoms with Crippen molar-refractivity contribution in [2.24, 2.45) is 11.3 Å². The molecule has 2 heteroatoms. The number of hydrogen-bond acceptors (Lipinski definition) is 2. The maximum atomic E-state index is 9.82. The zero-order chi connectivity index (χ0) is 21.4. The highest BCUT2D eigenvalue weighted by Crippen LogP contribution is 2.46. The second-order valence-electron chi connectivity index (χ2n) is 9.24. The van der Waals surface area contributed by atoms with Gasteiger partial charge in [-0.05, 0) is 80.4 Å². The SMILES string of the molecule is C=CCCCc1ccc(-c2ccc(C3CCC(C#N)(CC(C)CC)CC3)cc2)nc1. The summed E-state index contributed by atoms with van der Waals surface area (Å²) < 4.78 is 0. The summed E-state index contributed by atoms with van der Waals surface area (Å²) in [7, 11) is 0. The van der Waals surface area contributed by atoms with E-state index >= 15 is 0 Å². The average molecular weight is 401 g/mol.